The number of nitrogens with zero attached hydrogens (tertiary/aromatic N) is 1. The summed E-state index contributed by atoms with van der Waals surface area (Å²) in [6, 6.07) is 6.96. The Hall–Kier alpha value is -2.28. The fraction of sp³-hybridized carbons (Fsp3) is 0.312. The summed E-state index contributed by atoms with van der Waals surface area (Å²) >= 11 is 1.15. The summed E-state index contributed by atoms with van der Waals surface area (Å²) in [7, 11) is 0. The average Bonchev–Trinajstić information content (AvgIpc) is 2.84. The standard InChI is InChI=1S/C16H18N2O4S/c1-9-13(10(2)22-18-9)8-17-15(19)12-6-4-5-7-14(12)23-11(3)16(20)21/h4-7,11H,8H2,1-3H3,(H,17,19)(H,20,21)/t11-/m1/s1. The molecule has 0 saturated heterocycles. The number of hydrogen-bond donors (Lipinski definition) is 2. The molecule has 7 heteroatoms. The van der Waals surface area contributed by atoms with Gasteiger partial charge in [0.15, 0.2) is 0 Å². The van der Waals surface area contributed by atoms with Crippen molar-refractivity contribution in [3.05, 3.63) is 46.8 Å². The van der Waals surface area contributed by atoms with Gasteiger partial charge in [-0.1, -0.05) is 17.3 Å². The zero-order chi connectivity index (χ0) is 17.0. The SMILES string of the molecule is Cc1noc(C)c1CNC(=O)c1ccccc1S[C@H](C)C(=O)O. The highest BCUT2D eigenvalue weighted by Gasteiger charge is 2.18. The van der Waals surface area contributed by atoms with Gasteiger partial charge in [0, 0.05) is 17.0 Å². The summed E-state index contributed by atoms with van der Waals surface area (Å²) in [5.74, 6) is -0.503. The minimum absolute atomic E-state index is 0.259. The lowest BCUT2D eigenvalue weighted by molar-refractivity contribution is -0.136. The van der Waals surface area contributed by atoms with Gasteiger partial charge in [-0.05, 0) is 32.9 Å². The molecule has 1 aromatic heterocycles. The predicted molar refractivity (Wildman–Crippen MR) is 86.5 cm³/mol. The highest BCUT2D eigenvalue weighted by Crippen LogP contribution is 2.27. The van der Waals surface area contributed by atoms with Crippen LogP contribution in [0.4, 0.5) is 0 Å². The van der Waals surface area contributed by atoms with Crippen LogP contribution in [0.1, 0.15) is 34.3 Å². The molecule has 1 heterocycles. The second-order valence-corrected chi connectivity index (χ2v) is 6.46. The Morgan fingerprint density at radius 1 is 1.35 bits per heavy atom. The van der Waals surface area contributed by atoms with Crippen molar-refractivity contribution in [3.63, 3.8) is 0 Å². The highest BCUT2D eigenvalue weighted by atomic mass is 32.2. The third kappa shape index (κ3) is 4.13. The van der Waals surface area contributed by atoms with E-state index in [4.69, 9.17) is 9.63 Å². The van der Waals surface area contributed by atoms with Crippen molar-refractivity contribution in [1.82, 2.24) is 10.5 Å². The van der Waals surface area contributed by atoms with E-state index in [1.54, 1.807) is 38.1 Å². The number of thioether (sulfide) groups is 1. The van der Waals surface area contributed by atoms with E-state index in [1.165, 1.54) is 0 Å². The van der Waals surface area contributed by atoms with Gasteiger partial charge in [-0.3, -0.25) is 9.59 Å². The van der Waals surface area contributed by atoms with Gasteiger partial charge in [0.2, 0.25) is 0 Å². The van der Waals surface area contributed by atoms with E-state index in [1.807, 2.05) is 6.92 Å². The van der Waals surface area contributed by atoms with Crippen LogP contribution in [0.5, 0.6) is 0 Å². The smallest absolute Gasteiger partial charge is 0.316 e. The number of carbonyl (C=O) groups is 2. The largest absolute Gasteiger partial charge is 0.480 e. The van der Waals surface area contributed by atoms with Gasteiger partial charge in [0.1, 0.15) is 11.0 Å². The maximum atomic E-state index is 12.4. The molecule has 122 valence electrons. The molecule has 0 saturated carbocycles. The summed E-state index contributed by atoms with van der Waals surface area (Å²) in [4.78, 5) is 24.1. The first-order valence-corrected chi connectivity index (χ1v) is 7.96. The average molecular weight is 334 g/mol. The molecule has 1 amide bonds. The van der Waals surface area contributed by atoms with Crippen LogP contribution in [-0.4, -0.2) is 27.4 Å². The number of carboxylic acids is 1. The number of amides is 1. The van der Waals surface area contributed by atoms with Gasteiger partial charge in [0.05, 0.1) is 11.3 Å². The van der Waals surface area contributed by atoms with Crippen LogP contribution < -0.4 is 5.32 Å². The first kappa shape index (κ1) is 17.1. The van der Waals surface area contributed by atoms with Crippen LogP contribution in [0.25, 0.3) is 0 Å². The molecule has 2 aromatic rings. The molecule has 0 unspecified atom stereocenters. The molecule has 23 heavy (non-hydrogen) atoms. The molecule has 6 nitrogen and oxygen atoms in total. The van der Waals surface area contributed by atoms with Crippen LogP contribution >= 0.6 is 11.8 Å². The summed E-state index contributed by atoms with van der Waals surface area (Å²) < 4.78 is 5.07. The lowest BCUT2D eigenvalue weighted by Gasteiger charge is -2.11. The molecule has 0 aliphatic rings. The molecule has 2 rings (SSSR count). The Kier molecular flexibility index (Phi) is 5.44. The number of aliphatic carboxylic acids is 1. The van der Waals surface area contributed by atoms with Gasteiger partial charge in [0.25, 0.3) is 5.91 Å². The van der Waals surface area contributed by atoms with E-state index in [2.05, 4.69) is 10.5 Å². The summed E-state index contributed by atoms with van der Waals surface area (Å²) in [6.45, 7) is 5.51. The van der Waals surface area contributed by atoms with Crippen molar-refractivity contribution in [2.24, 2.45) is 0 Å². The van der Waals surface area contributed by atoms with E-state index >= 15 is 0 Å². The van der Waals surface area contributed by atoms with Gasteiger partial charge in [-0.25, -0.2) is 0 Å². The van der Waals surface area contributed by atoms with E-state index in [-0.39, 0.29) is 5.91 Å². The molecular weight excluding hydrogens is 316 g/mol. The first-order valence-electron chi connectivity index (χ1n) is 7.08. The lowest BCUT2D eigenvalue weighted by atomic mass is 10.2. The van der Waals surface area contributed by atoms with Gasteiger partial charge < -0.3 is 14.9 Å². The second-order valence-electron chi connectivity index (χ2n) is 5.08. The number of benzene rings is 1. The van der Waals surface area contributed by atoms with Gasteiger partial charge >= 0.3 is 5.97 Å². The number of aryl methyl sites for hydroxylation is 2. The summed E-state index contributed by atoms with van der Waals surface area (Å²) in [6.07, 6.45) is 0. The van der Waals surface area contributed by atoms with E-state index in [0.717, 1.165) is 23.0 Å². The predicted octanol–water partition coefficient (Wildman–Crippen LogP) is 2.79. The van der Waals surface area contributed by atoms with Crippen LogP contribution in [-0.2, 0) is 11.3 Å². The van der Waals surface area contributed by atoms with E-state index < -0.39 is 11.2 Å². The molecule has 0 aliphatic carbocycles. The monoisotopic (exact) mass is 334 g/mol. The zero-order valence-corrected chi connectivity index (χ0v) is 13.9. The van der Waals surface area contributed by atoms with Crippen LogP contribution in [0, 0.1) is 13.8 Å². The quantitative estimate of drug-likeness (QED) is 0.789. The van der Waals surface area contributed by atoms with Crippen LogP contribution in [0.15, 0.2) is 33.7 Å². The van der Waals surface area contributed by atoms with Crippen molar-refractivity contribution in [3.8, 4) is 0 Å². The Morgan fingerprint density at radius 2 is 2.04 bits per heavy atom. The fourth-order valence-corrected chi connectivity index (χ4v) is 2.94. The Labute approximate surface area is 138 Å². The highest BCUT2D eigenvalue weighted by molar-refractivity contribution is 8.00. The third-order valence-electron chi connectivity index (χ3n) is 3.39. The maximum Gasteiger partial charge on any atom is 0.316 e. The Balaban J connectivity index is 2.12. The number of carboxylic acid groups (broad SMARTS) is 1. The second kappa shape index (κ2) is 7.32. The zero-order valence-electron chi connectivity index (χ0n) is 13.1. The third-order valence-corrected chi connectivity index (χ3v) is 4.56. The maximum absolute atomic E-state index is 12.4. The summed E-state index contributed by atoms with van der Waals surface area (Å²) in [5.41, 5.74) is 2.05. The number of carbonyl (C=O) groups excluding carboxylic acids is 1. The van der Waals surface area contributed by atoms with Crippen molar-refractivity contribution in [2.45, 2.75) is 37.5 Å². The molecular formula is C16H18N2O4S. The minimum atomic E-state index is -0.916. The molecule has 0 aliphatic heterocycles. The molecule has 0 fully saturated rings. The first-order chi connectivity index (χ1) is 10.9. The van der Waals surface area contributed by atoms with Crippen LogP contribution in [0.3, 0.4) is 0 Å². The van der Waals surface area contributed by atoms with Crippen molar-refractivity contribution in [2.75, 3.05) is 0 Å². The van der Waals surface area contributed by atoms with Gasteiger partial charge in [-0.2, -0.15) is 0 Å². The van der Waals surface area contributed by atoms with Crippen molar-refractivity contribution in [1.29, 1.82) is 0 Å². The lowest BCUT2D eigenvalue weighted by Crippen LogP contribution is -2.24. The Bertz CT molecular complexity index is 707. The molecule has 0 radical (unpaired) electrons. The molecule has 0 spiro atoms. The van der Waals surface area contributed by atoms with Crippen LogP contribution in [0.2, 0.25) is 0 Å². The van der Waals surface area contributed by atoms with E-state index in [0.29, 0.717) is 22.8 Å². The number of rotatable bonds is 6. The molecule has 2 N–H and O–H groups in total. The Morgan fingerprint density at radius 3 is 2.65 bits per heavy atom. The molecule has 1 aromatic carbocycles. The number of nitrogens with one attached hydrogen (secondary N) is 1. The summed E-state index contributed by atoms with van der Waals surface area (Å²) in [5, 5.41) is 15.1. The minimum Gasteiger partial charge on any atom is -0.480 e. The van der Waals surface area contributed by atoms with Crippen molar-refractivity contribution < 1.29 is 19.2 Å². The molecule has 1 atom stereocenters. The normalized spacial score (nSPS) is 12.0. The van der Waals surface area contributed by atoms with Gasteiger partial charge in [-0.15, -0.1) is 11.8 Å². The number of hydrogen-bond acceptors (Lipinski definition) is 5. The fourth-order valence-electron chi connectivity index (χ4n) is 2.02. The van der Waals surface area contributed by atoms with Crippen molar-refractivity contribution >= 4 is 23.6 Å². The topological polar surface area (TPSA) is 92.4 Å². The number of aromatic nitrogens is 1. The van der Waals surface area contributed by atoms with E-state index in [9.17, 15) is 9.59 Å². The molecule has 0 bridgehead atoms.